The molecule has 0 saturated carbocycles. The molecule has 1 aliphatic heterocycles. The molecule has 2 heterocycles. The van der Waals surface area contributed by atoms with Gasteiger partial charge in [0.15, 0.2) is 0 Å². The Hall–Kier alpha value is -2.20. The molecular formula is C20H25N3O. The first-order chi connectivity index (χ1) is 11.7. The lowest BCUT2D eigenvalue weighted by atomic mass is 9.87. The molecule has 1 aliphatic rings. The Labute approximate surface area is 143 Å². The average molecular weight is 323 g/mol. The number of pyridine rings is 1. The molecule has 1 fully saturated rings. The fourth-order valence-electron chi connectivity index (χ4n) is 3.34. The molecule has 1 atom stereocenters. The van der Waals surface area contributed by atoms with Crippen molar-refractivity contribution >= 4 is 5.91 Å². The van der Waals surface area contributed by atoms with Gasteiger partial charge in [0, 0.05) is 18.9 Å². The monoisotopic (exact) mass is 323 g/mol. The Morgan fingerprint density at radius 3 is 2.71 bits per heavy atom. The lowest BCUT2D eigenvalue weighted by Crippen LogP contribution is -2.55. The highest BCUT2D eigenvalue weighted by molar-refractivity contribution is 5.87. The van der Waals surface area contributed by atoms with Crippen LogP contribution in [0.1, 0.15) is 31.7 Å². The van der Waals surface area contributed by atoms with Crippen molar-refractivity contribution in [1.82, 2.24) is 15.6 Å². The molecule has 1 saturated heterocycles. The highest BCUT2D eigenvalue weighted by Crippen LogP contribution is 2.26. The first-order valence-corrected chi connectivity index (χ1v) is 8.76. The minimum atomic E-state index is -0.453. The number of carbonyl (C=O) groups excluding carboxylic acids is 1. The fourth-order valence-corrected chi connectivity index (χ4v) is 3.34. The van der Waals surface area contributed by atoms with Crippen LogP contribution in [-0.4, -0.2) is 29.5 Å². The van der Waals surface area contributed by atoms with Gasteiger partial charge < -0.3 is 10.6 Å². The number of carbonyl (C=O) groups is 1. The number of amides is 1. The molecule has 1 unspecified atom stereocenters. The Balaban J connectivity index is 1.75. The van der Waals surface area contributed by atoms with Gasteiger partial charge in [-0.3, -0.25) is 9.78 Å². The fraction of sp³-hybridized carbons (Fsp3) is 0.400. The second-order valence-electron chi connectivity index (χ2n) is 6.48. The third-order valence-electron chi connectivity index (χ3n) is 4.67. The van der Waals surface area contributed by atoms with Crippen molar-refractivity contribution < 1.29 is 4.79 Å². The summed E-state index contributed by atoms with van der Waals surface area (Å²) >= 11 is 0. The minimum absolute atomic E-state index is 0.137. The zero-order valence-corrected chi connectivity index (χ0v) is 14.2. The number of nitrogens with one attached hydrogen (secondary N) is 2. The molecule has 4 heteroatoms. The number of nitrogens with zero attached hydrogens (tertiary/aromatic N) is 1. The lowest BCUT2D eigenvalue weighted by molar-refractivity contribution is -0.127. The van der Waals surface area contributed by atoms with E-state index in [2.05, 4.69) is 52.9 Å². The maximum absolute atomic E-state index is 12.6. The van der Waals surface area contributed by atoms with E-state index in [9.17, 15) is 4.79 Å². The van der Waals surface area contributed by atoms with Gasteiger partial charge >= 0.3 is 0 Å². The molecule has 0 radical (unpaired) electrons. The summed E-state index contributed by atoms with van der Waals surface area (Å²) < 4.78 is 0. The van der Waals surface area contributed by atoms with Crippen molar-refractivity contribution in [2.75, 3.05) is 13.1 Å². The highest BCUT2D eigenvalue weighted by atomic mass is 16.2. The van der Waals surface area contributed by atoms with E-state index in [0.29, 0.717) is 0 Å². The SMILES string of the molecule is CCCNC(=O)C1(Cc2ccc(-c3cccnc3)cc2)CCCN1. The van der Waals surface area contributed by atoms with E-state index in [1.807, 2.05) is 12.3 Å². The van der Waals surface area contributed by atoms with E-state index < -0.39 is 5.54 Å². The predicted molar refractivity (Wildman–Crippen MR) is 96.6 cm³/mol. The molecule has 0 bridgehead atoms. The van der Waals surface area contributed by atoms with Gasteiger partial charge in [-0.05, 0) is 55.0 Å². The Kier molecular flexibility index (Phi) is 5.26. The molecule has 126 valence electrons. The third-order valence-corrected chi connectivity index (χ3v) is 4.67. The van der Waals surface area contributed by atoms with Crippen molar-refractivity contribution in [2.45, 2.75) is 38.1 Å². The summed E-state index contributed by atoms with van der Waals surface area (Å²) in [6, 6.07) is 12.5. The number of hydrogen-bond acceptors (Lipinski definition) is 3. The largest absolute Gasteiger partial charge is 0.354 e. The second-order valence-corrected chi connectivity index (χ2v) is 6.48. The van der Waals surface area contributed by atoms with E-state index >= 15 is 0 Å². The Bertz CT molecular complexity index is 661. The van der Waals surface area contributed by atoms with E-state index in [1.54, 1.807) is 6.20 Å². The van der Waals surface area contributed by atoms with Crippen LogP contribution < -0.4 is 10.6 Å². The topological polar surface area (TPSA) is 54.0 Å². The summed E-state index contributed by atoms with van der Waals surface area (Å²) in [5.74, 6) is 0.137. The van der Waals surface area contributed by atoms with Gasteiger partial charge in [0.05, 0.1) is 0 Å². The van der Waals surface area contributed by atoms with Crippen LogP contribution in [0.15, 0.2) is 48.8 Å². The van der Waals surface area contributed by atoms with Gasteiger partial charge in [-0.15, -0.1) is 0 Å². The average Bonchev–Trinajstić information content (AvgIpc) is 3.11. The van der Waals surface area contributed by atoms with Crippen LogP contribution >= 0.6 is 0 Å². The highest BCUT2D eigenvalue weighted by Gasteiger charge is 2.40. The lowest BCUT2D eigenvalue weighted by Gasteiger charge is -2.28. The van der Waals surface area contributed by atoms with Crippen LogP contribution in [0.5, 0.6) is 0 Å². The molecule has 0 spiro atoms. The van der Waals surface area contributed by atoms with Crippen LogP contribution in [0, 0.1) is 0 Å². The van der Waals surface area contributed by atoms with Gasteiger partial charge in [-0.25, -0.2) is 0 Å². The summed E-state index contributed by atoms with van der Waals surface area (Å²) in [6.45, 7) is 3.72. The van der Waals surface area contributed by atoms with E-state index in [1.165, 1.54) is 5.56 Å². The van der Waals surface area contributed by atoms with Crippen LogP contribution in [0.25, 0.3) is 11.1 Å². The second kappa shape index (κ2) is 7.58. The van der Waals surface area contributed by atoms with Gasteiger partial charge in [-0.2, -0.15) is 0 Å². The molecule has 2 aromatic rings. The summed E-state index contributed by atoms with van der Waals surface area (Å²) in [5.41, 5.74) is 2.99. The maximum atomic E-state index is 12.6. The molecule has 0 aliphatic carbocycles. The maximum Gasteiger partial charge on any atom is 0.240 e. The van der Waals surface area contributed by atoms with Crippen molar-refractivity contribution in [3.63, 3.8) is 0 Å². The minimum Gasteiger partial charge on any atom is -0.354 e. The molecule has 3 rings (SSSR count). The molecule has 2 N–H and O–H groups in total. The molecule has 1 amide bonds. The smallest absolute Gasteiger partial charge is 0.240 e. The number of rotatable bonds is 6. The third kappa shape index (κ3) is 3.65. The zero-order valence-electron chi connectivity index (χ0n) is 14.2. The van der Waals surface area contributed by atoms with Crippen molar-refractivity contribution in [2.24, 2.45) is 0 Å². The summed E-state index contributed by atoms with van der Waals surface area (Å²) in [7, 11) is 0. The van der Waals surface area contributed by atoms with Crippen molar-refractivity contribution in [3.8, 4) is 11.1 Å². The standard InChI is InChI=1S/C20H25N3O/c1-2-11-22-19(24)20(10-4-13-23-20)14-16-6-8-17(9-7-16)18-5-3-12-21-15-18/h3,5-9,12,15,23H,2,4,10-11,13-14H2,1H3,(H,22,24). The molecular weight excluding hydrogens is 298 g/mol. The summed E-state index contributed by atoms with van der Waals surface area (Å²) in [5, 5.41) is 6.51. The van der Waals surface area contributed by atoms with Crippen LogP contribution in [0.2, 0.25) is 0 Å². The van der Waals surface area contributed by atoms with E-state index in [0.717, 1.165) is 49.9 Å². The molecule has 1 aromatic heterocycles. The zero-order chi connectivity index (χ0) is 16.8. The van der Waals surface area contributed by atoms with Gasteiger partial charge in [0.25, 0.3) is 0 Å². The van der Waals surface area contributed by atoms with Crippen molar-refractivity contribution in [3.05, 3.63) is 54.4 Å². The van der Waals surface area contributed by atoms with Crippen LogP contribution in [0.3, 0.4) is 0 Å². The van der Waals surface area contributed by atoms with Gasteiger partial charge in [0.2, 0.25) is 5.91 Å². The van der Waals surface area contributed by atoms with Crippen molar-refractivity contribution in [1.29, 1.82) is 0 Å². The number of aromatic nitrogens is 1. The molecule has 1 aromatic carbocycles. The van der Waals surface area contributed by atoms with Crippen LogP contribution in [-0.2, 0) is 11.2 Å². The van der Waals surface area contributed by atoms with Crippen LogP contribution in [0.4, 0.5) is 0 Å². The van der Waals surface area contributed by atoms with Gasteiger partial charge in [-0.1, -0.05) is 37.3 Å². The van der Waals surface area contributed by atoms with E-state index in [-0.39, 0.29) is 5.91 Å². The van der Waals surface area contributed by atoms with E-state index in [4.69, 9.17) is 0 Å². The predicted octanol–water partition coefficient (Wildman–Crippen LogP) is 2.94. The quantitative estimate of drug-likeness (QED) is 0.859. The number of benzene rings is 1. The molecule has 24 heavy (non-hydrogen) atoms. The number of hydrogen-bond donors (Lipinski definition) is 2. The van der Waals surface area contributed by atoms with Gasteiger partial charge in [0.1, 0.15) is 5.54 Å². The Morgan fingerprint density at radius 2 is 2.08 bits per heavy atom. The Morgan fingerprint density at radius 1 is 1.25 bits per heavy atom. The first-order valence-electron chi connectivity index (χ1n) is 8.76. The summed E-state index contributed by atoms with van der Waals surface area (Å²) in [6.07, 6.45) is 7.28. The normalized spacial score (nSPS) is 20.0. The first kappa shape index (κ1) is 16.7. The molecule has 4 nitrogen and oxygen atoms in total. The summed E-state index contributed by atoms with van der Waals surface area (Å²) in [4.78, 5) is 16.8.